The molecule has 2 aliphatic rings. The molecule has 0 unspecified atom stereocenters. The summed E-state index contributed by atoms with van der Waals surface area (Å²) in [4.78, 5) is 23.0. The molecule has 2 aliphatic heterocycles. The molecule has 0 aromatic carbocycles. The van der Waals surface area contributed by atoms with Crippen molar-refractivity contribution in [3.05, 3.63) is 17.6 Å². The number of piperidine rings is 1. The maximum atomic E-state index is 12.2. The first-order chi connectivity index (χ1) is 11.2. The van der Waals surface area contributed by atoms with Crippen LogP contribution in [0.2, 0.25) is 0 Å². The van der Waals surface area contributed by atoms with E-state index >= 15 is 0 Å². The number of amides is 1. The van der Waals surface area contributed by atoms with E-state index in [-0.39, 0.29) is 18.6 Å². The average molecular weight is 319 g/mol. The topological polar surface area (TPSA) is 79.4 Å². The number of nitrogens with zero attached hydrogens (tertiary/aromatic N) is 3. The maximum absolute atomic E-state index is 12.2. The molecule has 0 spiro atoms. The zero-order valence-corrected chi connectivity index (χ0v) is 13.7. The van der Waals surface area contributed by atoms with Crippen LogP contribution < -0.4 is 10.6 Å². The largest absolute Gasteiger partial charge is 0.369 e. The van der Waals surface area contributed by atoms with E-state index in [2.05, 4.69) is 20.6 Å². The molecule has 2 fully saturated rings. The standard InChI is InChI=1S/C16H25N5O2/c1-12-19-13(14-10-17-5-8-23-14)9-15(20-12)18-11-16(22)21-6-3-2-4-7-21/h9,14,17H,2-8,10-11H2,1H3,(H,18,19,20)/t14-/m0/s1. The van der Waals surface area contributed by atoms with E-state index in [9.17, 15) is 4.79 Å². The molecular formula is C16H25N5O2. The molecule has 126 valence electrons. The molecule has 0 radical (unpaired) electrons. The third kappa shape index (κ3) is 4.39. The predicted molar refractivity (Wildman–Crippen MR) is 87.3 cm³/mol. The van der Waals surface area contributed by atoms with Crippen molar-refractivity contribution < 1.29 is 9.53 Å². The Morgan fingerprint density at radius 1 is 1.39 bits per heavy atom. The van der Waals surface area contributed by atoms with Crippen molar-refractivity contribution in [3.8, 4) is 0 Å². The molecule has 2 N–H and O–H groups in total. The van der Waals surface area contributed by atoms with E-state index in [0.29, 0.717) is 18.2 Å². The van der Waals surface area contributed by atoms with Crippen molar-refractivity contribution >= 4 is 11.7 Å². The average Bonchev–Trinajstić information content (AvgIpc) is 2.61. The van der Waals surface area contributed by atoms with Gasteiger partial charge in [0.15, 0.2) is 0 Å². The molecule has 3 heterocycles. The van der Waals surface area contributed by atoms with Crippen LogP contribution in [0.3, 0.4) is 0 Å². The lowest BCUT2D eigenvalue weighted by molar-refractivity contribution is -0.130. The Morgan fingerprint density at radius 2 is 2.22 bits per heavy atom. The number of aryl methyl sites for hydroxylation is 1. The lowest BCUT2D eigenvalue weighted by Crippen LogP contribution is -2.39. The first-order valence-electron chi connectivity index (χ1n) is 8.42. The quantitative estimate of drug-likeness (QED) is 0.857. The van der Waals surface area contributed by atoms with Gasteiger partial charge < -0.3 is 20.3 Å². The molecule has 1 aromatic rings. The van der Waals surface area contributed by atoms with E-state index < -0.39 is 0 Å². The second-order valence-corrected chi connectivity index (χ2v) is 6.08. The molecule has 3 rings (SSSR count). The Morgan fingerprint density at radius 3 is 2.96 bits per heavy atom. The number of likely N-dealkylation sites (tertiary alicyclic amines) is 1. The first kappa shape index (κ1) is 16.1. The monoisotopic (exact) mass is 319 g/mol. The van der Waals surface area contributed by atoms with Gasteiger partial charge in [-0.25, -0.2) is 9.97 Å². The fraction of sp³-hybridized carbons (Fsp3) is 0.688. The van der Waals surface area contributed by atoms with Crippen LogP contribution in [0.5, 0.6) is 0 Å². The van der Waals surface area contributed by atoms with E-state index in [4.69, 9.17) is 4.74 Å². The van der Waals surface area contributed by atoms with Crippen LogP contribution in [0.1, 0.15) is 36.9 Å². The molecule has 0 aliphatic carbocycles. The van der Waals surface area contributed by atoms with Crippen LogP contribution in [-0.4, -0.2) is 60.1 Å². The minimum Gasteiger partial charge on any atom is -0.369 e. The van der Waals surface area contributed by atoms with Crippen molar-refractivity contribution in [2.75, 3.05) is 44.6 Å². The molecule has 7 nitrogen and oxygen atoms in total. The van der Waals surface area contributed by atoms with Gasteiger partial charge in [0.1, 0.15) is 17.7 Å². The van der Waals surface area contributed by atoms with Crippen LogP contribution in [0.4, 0.5) is 5.82 Å². The number of carbonyl (C=O) groups is 1. The number of hydrogen-bond acceptors (Lipinski definition) is 6. The smallest absolute Gasteiger partial charge is 0.241 e. The molecular weight excluding hydrogens is 294 g/mol. The summed E-state index contributed by atoms with van der Waals surface area (Å²) in [5.74, 6) is 1.51. The third-order valence-corrected chi connectivity index (χ3v) is 4.24. The Kier molecular flexibility index (Phi) is 5.40. The Hall–Kier alpha value is -1.73. The van der Waals surface area contributed by atoms with Gasteiger partial charge in [-0.2, -0.15) is 0 Å². The Labute approximate surface area is 136 Å². The van der Waals surface area contributed by atoms with Crippen LogP contribution in [0, 0.1) is 6.92 Å². The summed E-state index contributed by atoms with van der Waals surface area (Å²) in [6.07, 6.45) is 3.38. The van der Waals surface area contributed by atoms with E-state index in [0.717, 1.165) is 44.7 Å². The molecule has 0 saturated carbocycles. The van der Waals surface area contributed by atoms with E-state index in [1.165, 1.54) is 6.42 Å². The second kappa shape index (κ2) is 7.70. The summed E-state index contributed by atoms with van der Waals surface area (Å²) in [7, 11) is 0. The number of nitrogens with one attached hydrogen (secondary N) is 2. The molecule has 0 bridgehead atoms. The van der Waals surface area contributed by atoms with Gasteiger partial charge in [0.05, 0.1) is 18.8 Å². The molecule has 23 heavy (non-hydrogen) atoms. The van der Waals surface area contributed by atoms with Gasteiger partial charge in [-0.3, -0.25) is 4.79 Å². The molecule has 1 amide bonds. The minimum atomic E-state index is -0.0520. The predicted octanol–water partition coefficient (Wildman–Crippen LogP) is 0.870. The third-order valence-electron chi connectivity index (χ3n) is 4.24. The normalized spacial score (nSPS) is 22.0. The van der Waals surface area contributed by atoms with Crippen molar-refractivity contribution in [3.63, 3.8) is 0 Å². The Balaban J connectivity index is 1.60. The van der Waals surface area contributed by atoms with E-state index in [1.54, 1.807) is 0 Å². The van der Waals surface area contributed by atoms with Crippen molar-refractivity contribution in [2.45, 2.75) is 32.3 Å². The fourth-order valence-corrected chi connectivity index (χ4v) is 3.02. The fourth-order valence-electron chi connectivity index (χ4n) is 3.02. The number of aromatic nitrogens is 2. The highest BCUT2D eigenvalue weighted by Crippen LogP contribution is 2.19. The van der Waals surface area contributed by atoms with Gasteiger partial charge >= 0.3 is 0 Å². The summed E-state index contributed by atoms with van der Waals surface area (Å²) in [5, 5.41) is 6.44. The molecule has 1 aromatic heterocycles. The number of morpholine rings is 1. The summed E-state index contributed by atoms with van der Waals surface area (Å²) < 4.78 is 5.74. The number of anilines is 1. The van der Waals surface area contributed by atoms with Crippen molar-refractivity contribution in [1.29, 1.82) is 0 Å². The number of carbonyl (C=O) groups excluding carboxylic acids is 1. The summed E-state index contributed by atoms with van der Waals surface area (Å²) in [6.45, 7) is 6.19. The Bertz CT molecular complexity index is 539. The van der Waals surface area contributed by atoms with Crippen molar-refractivity contribution in [2.24, 2.45) is 0 Å². The molecule has 7 heteroatoms. The van der Waals surface area contributed by atoms with Gasteiger partial charge in [-0.1, -0.05) is 0 Å². The molecule has 1 atom stereocenters. The lowest BCUT2D eigenvalue weighted by atomic mass is 10.1. The maximum Gasteiger partial charge on any atom is 0.241 e. The van der Waals surface area contributed by atoms with Crippen molar-refractivity contribution in [1.82, 2.24) is 20.2 Å². The zero-order valence-electron chi connectivity index (χ0n) is 13.7. The van der Waals surface area contributed by atoms with Gasteiger partial charge in [-0.15, -0.1) is 0 Å². The number of hydrogen-bond donors (Lipinski definition) is 2. The van der Waals surface area contributed by atoms with E-state index in [1.807, 2.05) is 17.9 Å². The van der Waals surface area contributed by atoms with Crippen LogP contribution >= 0.6 is 0 Å². The van der Waals surface area contributed by atoms with Gasteiger partial charge in [0.2, 0.25) is 5.91 Å². The van der Waals surface area contributed by atoms with Gasteiger partial charge in [0, 0.05) is 32.2 Å². The minimum absolute atomic E-state index is 0.0520. The second-order valence-electron chi connectivity index (χ2n) is 6.08. The highest BCUT2D eigenvalue weighted by atomic mass is 16.5. The summed E-state index contributed by atoms with van der Waals surface area (Å²) >= 11 is 0. The highest BCUT2D eigenvalue weighted by Gasteiger charge is 2.19. The summed E-state index contributed by atoms with van der Waals surface area (Å²) in [6, 6.07) is 1.88. The van der Waals surface area contributed by atoms with Crippen LogP contribution in [0.15, 0.2) is 6.07 Å². The number of ether oxygens (including phenoxy) is 1. The number of rotatable bonds is 4. The lowest BCUT2D eigenvalue weighted by Gasteiger charge is -2.27. The molecule has 2 saturated heterocycles. The summed E-state index contributed by atoms with van der Waals surface area (Å²) in [5.41, 5.74) is 0.859. The van der Waals surface area contributed by atoms with Gasteiger partial charge in [-0.05, 0) is 26.2 Å². The van der Waals surface area contributed by atoms with Crippen LogP contribution in [0.25, 0.3) is 0 Å². The van der Waals surface area contributed by atoms with Crippen LogP contribution in [-0.2, 0) is 9.53 Å². The zero-order chi connectivity index (χ0) is 16.1. The first-order valence-corrected chi connectivity index (χ1v) is 8.42. The highest BCUT2D eigenvalue weighted by molar-refractivity contribution is 5.80. The van der Waals surface area contributed by atoms with Gasteiger partial charge in [0.25, 0.3) is 0 Å². The SMILES string of the molecule is Cc1nc(NCC(=O)N2CCCCC2)cc([C@@H]2CNCCO2)n1.